The third-order valence-electron chi connectivity index (χ3n) is 3.79. The number of ether oxygens (including phenoxy) is 1. The molecule has 0 amide bonds. The molecule has 0 saturated heterocycles. The van der Waals surface area contributed by atoms with Crippen molar-refractivity contribution in [3.8, 4) is 5.75 Å². The Morgan fingerprint density at radius 1 is 1.24 bits per heavy atom. The minimum Gasteiger partial charge on any atom is -0.493 e. The molecule has 0 heterocycles. The van der Waals surface area contributed by atoms with Gasteiger partial charge in [0.15, 0.2) is 0 Å². The summed E-state index contributed by atoms with van der Waals surface area (Å²) in [6, 6.07) is 6.31. The molecule has 0 bridgehead atoms. The normalized spacial score (nSPS) is 18.3. The molecule has 2 nitrogen and oxygen atoms in total. The highest BCUT2D eigenvalue weighted by Crippen LogP contribution is 2.30. The van der Waals surface area contributed by atoms with Crippen LogP contribution in [0, 0.1) is 13.8 Å². The molecule has 1 aliphatic carbocycles. The van der Waals surface area contributed by atoms with Gasteiger partial charge < -0.3 is 10.5 Å². The number of rotatable bonds is 4. The second-order valence-corrected chi connectivity index (χ2v) is 5.44. The van der Waals surface area contributed by atoms with E-state index >= 15 is 0 Å². The summed E-state index contributed by atoms with van der Waals surface area (Å²) in [6.45, 7) is 4.93. The zero-order chi connectivity index (χ0) is 12.3. The van der Waals surface area contributed by atoms with Crippen LogP contribution in [0.1, 0.15) is 43.2 Å². The van der Waals surface area contributed by atoms with Crippen LogP contribution in [0.25, 0.3) is 0 Å². The van der Waals surface area contributed by atoms with E-state index in [1.54, 1.807) is 0 Å². The van der Waals surface area contributed by atoms with Gasteiger partial charge in [-0.25, -0.2) is 0 Å². The molecule has 1 fully saturated rings. The smallest absolute Gasteiger partial charge is 0.122 e. The average molecular weight is 233 g/mol. The lowest BCUT2D eigenvalue weighted by molar-refractivity contribution is 0.257. The Balaban J connectivity index is 1.85. The van der Waals surface area contributed by atoms with Crippen LogP contribution in [0.2, 0.25) is 0 Å². The summed E-state index contributed by atoms with van der Waals surface area (Å²) in [5.41, 5.74) is 8.83. The molecule has 0 atom stereocenters. The highest BCUT2D eigenvalue weighted by Gasteiger charge is 2.28. The van der Waals surface area contributed by atoms with Crippen LogP contribution >= 0.6 is 0 Å². The molecule has 2 heteroatoms. The second kappa shape index (κ2) is 5.09. The van der Waals surface area contributed by atoms with Crippen LogP contribution in [0.3, 0.4) is 0 Å². The summed E-state index contributed by atoms with van der Waals surface area (Å²) in [5.74, 6) is 0.997. The number of nitrogens with two attached hydrogens (primary N) is 1. The van der Waals surface area contributed by atoms with Gasteiger partial charge >= 0.3 is 0 Å². The minimum atomic E-state index is 0.0403. The first-order chi connectivity index (χ1) is 8.09. The minimum absolute atomic E-state index is 0.0403. The summed E-state index contributed by atoms with van der Waals surface area (Å²) in [4.78, 5) is 0. The zero-order valence-corrected chi connectivity index (χ0v) is 11.0. The third kappa shape index (κ3) is 3.22. The molecule has 0 aliphatic heterocycles. The largest absolute Gasteiger partial charge is 0.493 e. The molecule has 1 aromatic carbocycles. The summed E-state index contributed by atoms with van der Waals surface area (Å²) in [7, 11) is 0. The molecule has 1 aliphatic rings. The molecule has 1 saturated carbocycles. The van der Waals surface area contributed by atoms with Crippen LogP contribution in [-0.2, 0) is 0 Å². The predicted molar refractivity (Wildman–Crippen MR) is 71.4 cm³/mol. The molecule has 0 spiro atoms. The fourth-order valence-electron chi connectivity index (χ4n) is 2.65. The van der Waals surface area contributed by atoms with Gasteiger partial charge in [-0.05, 0) is 44.7 Å². The Hall–Kier alpha value is -1.02. The van der Waals surface area contributed by atoms with Crippen LogP contribution in [-0.4, -0.2) is 12.1 Å². The predicted octanol–water partition coefficient (Wildman–Crippen LogP) is 3.34. The monoisotopic (exact) mass is 233 g/mol. The first-order valence-corrected chi connectivity index (χ1v) is 6.58. The standard InChI is InChI=1S/C15H23NO/c1-12-5-6-14(13(2)11-12)17-10-9-15(16)7-3-4-8-15/h5-6,11H,3-4,7-10,16H2,1-2H3. The van der Waals surface area contributed by atoms with Gasteiger partial charge in [-0.3, -0.25) is 0 Å². The number of hydrogen-bond donors (Lipinski definition) is 1. The lowest BCUT2D eigenvalue weighted by Crippen LogP contribution is -2.37. The van der Waals surface area contributed by atoms with E-state index in [1.807, 2.05) is 0 Å². The second-order valence-electron chi connectivity index (χ2n) is 5.44. The Bertz CT molecular complexity index is 381. The molecule has 1 aromatic rings. The Labute approximate surface area is 104 Å². The molecular formula is C15H23NO. The molecule has 0 radical (unpaired) electrons. The maximum Gasteiger partial charge on any atom is 0.122 e. The molecule has 94 valence electrons. The maximum absolute atomic E-state index is 6.31. The first kappa shape index (κ1) is 12.4. The van der Waals surface area contributed by atoms with Gasteiger partial charge in [0.1, 0.15) is 5.75 Å². The average Bonchev–Trinajstić information content (AvgIpc) is 2.69. The topological polar surface area (TPSA) is 35.2 Å². The van der Waals surface area contributed by atoms with E-state index in [4.69, 9.17) is 10.5 Å². The van der Waals surface area contributed by atoms with Crippen LogP contribution < -0.4 is 10.5 Å². The van der Waals surface area contributed by atoms with Gasteiger partial charge in [-0.1, -0.05) is 30.5 Å². The van der Waals surface area contributed by atoms with E-state index in [1.165, 1.54) is 24.0 Å². The summed E-state index contributed by atoms with van der Waals surface area (Å²) in [5, 5.41) is 0. The Kier molecular flexibility index (Phi) is 3.72. The fraction of sp³-hybridized carbons (Fsp3) is 0.600. The van der Waals surface area contributed by atoms with Crippen LogP contribution in [0.4, 0.5) is 0 Å². The van der Waals surface area contributed by atoms with Gasteiger partial charge in [0.25, 0.3) is 0 Å². The lowest BCUT2D eigenvalue weighted by Gasteiger charge is -2.23. The van der Waals surface area contributed by atoms with Gasteiger partial charge in [-0.15, -0.1) is 0 Å². The van der Waals surface area contributed by atoms with Crippen LogP contribution in [0.15, 0.2) is 18.2 Å². The van der Waals surface area contributed by atoms with E-state index in [0.717, 1.165) is 31.6 Å². The molecule has 2 N–H and O–H groups in total. The van der Waals surface area contributed by atoms with E-state index < -0.39 is 0 Å². The van der Waals surface area contributed by atoms with Crippen molar-refractivity contribution in [1.29, 1.82) is 0 Å². The van der Waals surface area contributed by atoms with Gasteiger partial charge in [0, 0.05) is 5.54 Å². The SMILES string of the molecule is Cc1ccc(OCCC2(N)CCCC2)c(C)c1. The molecule has 0 unspecified atom stereocenters. The van der Waals surface area contributed by atoms with E-state index in [2.05, 4.69) is 32.0 Å². The molecule has 2 rings (SSSR count). The Morgan fingerprint density at radius 2 is 1.94 bits per heavy atom. The third-order valence-corrected chi connectivity index (χ3v) is 3.79. The van der Waals surface area contributed by atoms with Crippen molar-refractivity contribution in [2.45, 2.75) is 51.5 Å². The van der Waals surface area contributed by atoms with Crippen molar-refractivity contribution < 1.29 is 4.74 Å². The van der Waals surface area contributed by atoms with Crippen molar-refractivity contribution in [2.75, 3.05) is 6.61 Å². The van der Waals surface area contributed by atoms with E-state index in [0.29, 0.717) is 0 Å². The highest BCUT2D eigenvalue weighted by molar-refractivity contribution is 5.35. The number of benzene rings is 1. The highest BCUT2D eigenvalue weighted by atomic mass is 16.5. The van der Waals surface area contributed by atoms with Gasteiger partial charge in [0.2, 0.25) is 0 Å². The fourth-order valence-corrected chi connectivity index (χ4v) is 2.65. The zero-order valence-electron chi connectivity index (χ0n) is 11.0. The van der Waals surface area contributed by atoms with Crippen molar-refractivity contribution in [2.24, 2.45) is 5.73 Å². The lowest BCUT2D eigenvalue weighted by atomic mass is 9.95. The van der Waals surface area contributed by atoms with Crippen molar-refractivity contribution >= 4 is 0 Å². The first-order valence-electron chi connectivity index (χ1n) is 6.58. The molecule has 0 aromatic heterocycles. The molecular weight excluding hydrogens is 210 g/mol. The summed E-state index contributed by atoms with van der Waals surface area (Å²) < 4.78 is 5.84. The van der Waals surface area contributed by atoms with Crippen molar-refractivity contribution in [1.82, 2.24) is 0 Å². The van der Waals surface area contributed by atoms with E-state index in [-0.39, 0.29) is 5.54 Å². The van der Waals surface area contributed by atoms with E-state index in [9.17, 15) is 0 Å². The summed E-state index contributed by atoms with van der Waals surface area (Å²) in [6.07, 6.45) is 5.84. The Morgan fingerprint density at radius 3 is 2.59 bits per heavy atom. The molecule has 17 heavy (non-hydrogen) atoms. The number of aryl methyl sites for hydroxylation is 2. The number of hydrogen-bond acceptors (Lipinski definition) is 2. The van der Waals surface area contributed by atoms with Crippen molar-refractivity contribution in [3.63, 3.8) is 0 Å². The maximum atomic E-state index is 6.31. The summed E-state index contributed by atoms with van der Waals surface area (Å²) >= 11 is 0. The van der Waals surface area contributed by atoms with Gasteiger partial charge in [-0.2, -0.15) is 0 Å². The van der Waals surface area contributed by atoms with Crippen molar-refractivity contribution in [3.05, 3.63) is 29.3 Å². The quantitative estimate of drug-likeness (QED) is 0.865. The van der Waals surface area contributed by atoms with Crippen LogP contribution in [0.5, 0.6) is 5.75 Å². The van der Waals surface area contributed by atoms with Gasteiger partial charge in [0.05, 0.1) is 6.61 Å².